The molecule has 0 aliphatic carbocycles. The fraction of sp³-hybridized carbons (Fsp3) is 0.929. The van der Waals surface area contributed by atoms with Crippen molar-refractivity contribution in [3.05, 3.63) is 0 Å². The number of amides is 1. The van der Waals surface area contributed by atoms with Crippen molar-refractivity contribution in [2.45, 2.75) is 44.6 Å². The standard InChI is InChI=1S/C14H27N3O/c1-16(11-13-7-3-4-8-15-13)12-14(18)17-9-5-2-6-10-17/h13,15H,2-12H2,1H3. The van der Waals surface area contributed by atoms with Gasteiger partial charge >= 0.3 is 0 Å². The molecule has 1 atom stereocenters. The average Bonchev–Trinajstić information content (AvgIpc) is 2.40. The Labute approximate surface area is 111 Å². The molecule has 0 aromatic rings. The molecule has 4 heteroatoms. The number of carbonyl (C=O) groups is 1. The Kier molecular flexibility index (Phi) is 5.45. The lowest BCUT2D eigenvalue weighted by molar-refractivity contribution is -0.133. The largest absolute Gasteiger partial charge is 0.342 e. The van der Waals surface area contributed by atoms with E-state index in [0.717, 1.165) is 26.2 Å². The molecule has 1 N–H and O–H groups in total. The summed E-state index contributed by atoms with van der Waals surface area (Å²) < 4.78 is 0. The second kappa shape index (κ2) is 7.10. The van der Waals surface area contributed by atoms with E-state index in [2.05, 4.69) is 17.3 Å². The molecule has 2 heterocycles. The summed E-state index contributed by atoms with van der Waals surface area (Å²) in [6, 6.07) is 0.581. The number of nitrogens with zero attached hydrogens (tertiary/aromatic N) is 2. The Morgan fingerprint density at radius 3 is 2.67 bits per heavy atom. The molecule has 1 unspecified atom stereocenters. The first-order chi connectivity index (χ1) is 8.75. The van der Waals surface area contributed by atoms with Crippen LogP contribution in [0.5, 0.6) is 0 Å². The molecule has 0 bridgehead atoms. The highest BCUT2D eigenvalue weighted by Crippen LogP contribution is 2.10. The third-order valence-electron chi connectivity index (χ3n) is 4.06. The zero-order valence-electron chi connectivity index (χ0n) is 11.7. The van der Waals surface area contributed by atoms with Crippen molar-refractivity contribution in [1.82, 2.24) is 15.1 Å². The van der Waals surface area contributed by atoms with Gasteiger partial charge in [0.05, 0.1) is 6.54 Å². The maximum Gasteiger partial charge on any atom is 0.236 e. The van der Waals surface area contributed by atoms with Crippen LogP contribution in [0, 0.1) is 0 Å². The molecular formula is C14H27N3O. The summed E-state index contributed by atoms with van der Waals surface area (Å²) in [4.78, 5) is 16.3. The zero-order valence-corrected chi connectivity index (χ0v) is 11.7. The van der Waals surface area contributed by atoms with Gasteiger partial charge in [0.1, 0.15) is 0 Å². The van der Waals surface area contributed by atoms with Crippen LogP contribution in [0.2, 0.25) is 0 Å². The van der Waals surface area contributed by atoms with Gasteiger partial charge in [0.25, 0.3) is 0 Å². The van der Waals surface area contributed by atoms with Gasteiger partial charge in [-0.2, -0.15) is 0 Å². The monoisotopic (exact) mass is 253 g/mol. The van der Waals surface area contributed by atoms with E-state index in [1.807, 2.05) is 4.90 Å². The molecule has 2 aliphatic rings. The third-order valence-corrected chi connectivity index (χ3v) is 4.06. The van der Waals surface area contributed by atoms with Crippen molar-refractivity contribution in [1.29, 1.82) is 0 Å². The van der Waals surface area contributed by atoms with E-state index in [4.69, 9.17) is 0 Å². The Morgan fingerprint density at radius 1 is 1.22 bits per heavy atom. The number of nitrogens with one attached hydrogen (secondary N) is 1. The molecule has 0 radical (unpaired) electrons. The molecule has 2 aliphatic heterocycles. The predicted molar refractivity (Wildman–Crippen MR) is 73.6 cm³/mol. The molecule has 104 valence electrons. The lowest BCUT2D eigenvalue weighted by Crippen LogP contribution is -2.46. The van der Waals surface area contributed by atoms with Crippen molar-refractivity contribution in [2.75, 3.05) is 39.8 Å². The van der Waals surface area contributed by atoms with Crippen LogP contribution in [0.1, 0.15) is 38.5 Å². The Bertz CT molecular complexity index is 258. The summed E-state index contributed by atoms with van der Waals surface area (Å²) in [6.45, 7) is 4.65. The fourth-order valence-electron chi connectivity index (χ4n) is 2.99. The number of carbonyl (C=O) groups excluding carboxylic acids is 1. The molecular weight excluding hydrogens is 226 g/mol. The molecule has 1 amide bonds. The number of hydrogen-bond acceptors (Lipinski definition) is 3. The second-order valence-electron chi connectivity index (χ2n) is 5.79. The molecule has 2 fully saturated rings. The first-order valence-electron chi connectivity index (χ1n) is 7.45. The quantitative estimate of drug-likeness (QED) is 0.814. The highest BCUT2D eigenvalue weighted by atomic mass is 16.2. The van der Waals surface area contributed by atoms with Gasteiger partial charge in [0.15, 0.2) is 0 Å². The van der Waals surface area contributed by atoms with Crippen molar-refractivity contribution < 1.29 is 4.79 Å². The lowest BCUT2D eigenvalue weighted by atomic mass is 10.0. The van der Waals surface area contributed by atoms with Gasteiger partial charge in [-0.05, 0) is 45.7 Å². The summed E-state index contributed by atoms with van der Waals surface area (Å²) in [6.07, 6.45) is 7.52. The van der Waals surface area contributed by atoms with E-state index in [0.29, 0.717) is 18.5 Å². The average molecular weight is 253 g/mol. The molecule has 2 rings (SSSR count). The first kappa shape index (κ1) is 13.8. The number of likely N-dealkylation sites (tertiary alicyclic amines) is 1. The van der Waals surface area contributed by atoms with Gasteiger partial charge in [0.2, 0.25) is 5.91 Å². The molecule has 2 saturated heterocycles. The molecule has 0 aromatic carbocycles. The zero-order chi connectivity index (χ0) is 12.8. The number of likely N-dealkylation sites (N-methyl/N-ethyl adjacent to an activating group) is 1. The van der Waals surface area contributed by atoms with Gasteiger partial charge in [0, 0.05) is 25.7 Å². The Hall–Kier alpha value is -0.610. The lowest BCUT2D eigenvalue weighted by Gasteiger charge is -2.31. The topological polar surface area (TPSA) is 35.6 Å². The SMILES string of the molecule is CN(CC(=O)N1CCCCC1)CC1CCCCN1. The summed E-state index contributed by atoms with van der Waals surface area (Å²) in [5, 5.41) is 3.54. The van der Waals surface area contributed by atoms with E-state index < -0.39 is 0 Å². The highest BCUT2D eigenvalue weighted by Gasteiger charge is 2.20. The molecule has 4 nitrogen and oxygen atoms in total. The van der Waals surface area contributed by atoms with Crippen LogP contribution in [-0.4, -0.2) is 61.5 Å². The van der Waals surface area contributed by atoms with E-state index in [-0.39, 0.29) is 0 Å². The van der Waals surface area contributed by atoms with Crippen molar-refractivity contribution in [3.63, 3.8) is 0 Å². The van der Waals surface area contributed by atoms with Gasteiger partial charge in [-0.15, -0.1) is 0 Å². The third kappa shape index (κ3) is 4.25. The first-order valence-corrected chi connectivity index (χ1v) is 7.45. The number of rotatable bonds is 4. The van der Waals surface area contributed by atoms with E-state index in [9.17, 15) is 4.79 Å². The molecule has 0 spiro atoms. The normalized spacial score (nSPS) is 25.4. The molecule has 0 aromatic heterocycles. The number of piperidine rings is 2. The van der Waals surface area contributed by atoms with Crippen molar-refractivity contribution in [2.24, 2.45) is 0 Å². The smallest absolute Gasteiger partial charge is 0.236 e. The Morgan fingerprint density at radius 2 is 2.00 bits per heavy atom. The molecule has 0 saturated carbocycles. The fourth-order valence-corrected chi connectivity index (χ4v) is 2.99. The molecule has 18 heavy (non-hydrogen) atoms. The van der Waals surface area contributed by atoms with E-state index in [1.165, 1.54) is 38.5 Å². The van der Waals surface area contributed by atoms with Crippen LogP contribution in [0.4, 0.5) is 0 Å². The number of hydrogen-bond donors (Lipinski definition) is 1. The maximum absolute atomic E-state index is 12.1. The van der Waals surface area contributed by atoms with Crippen molar-refractivity contribution >= 4 is 5.91 Å². The van der Waals surface area contributed by atoms with Crippen LogP contribution in [0.3, 0.4) is 0 Å². The van der Waals surface area contributed by atoms with E-state index >= 15 is 0 Å². The van der Waals surface area contributed by atoms with Crippen LogP contribution in [0.15, 0.2) is 0 Å². The van der Waals surface area contributed by atoms with Crippen LogP contribution < -0.4 is 5.32 Å². The second-order valence-corrected chi connectivity index (χ2v) is 5.79. The minimum Gasteiger partial charge on any atom is -0.342 e. The van der Waals surface area contributed by atoms with Gasteiger partial charge in [-0.25, -0.2) is 0 Å². The maximum atomic E-state index is 12.1. The van der Waals surface area contributed by atoms with E-state index in [1.54, 1.807) is 0 Å². The summed E-state index contributed by atoms with van der Waals surface area (Å²) in [5.74, 6) is 0.313. The van der Waals surface area contributed by atoms with Gasteiger partial charge in [-0.3, -0.25) is 9.69 Å². The predicted octanol–water partition coefficient (Wildman–Crippen LogP) is 1.07. The summed E-state index contributed by atoms with van der Waals surface area (Å²) in [5.41, 5.74) is 0. The van der Waals surface area contributed by atoms with Crippen LogP contribution >= 0.6 is 0 Å². The highest BCUT2D eigenvalue weighted by molar-refractivity contribution is 5.78. The van der Waals surface area contributed by atoms with Crippen LogP contribution in [0.25, 0.3) is 0 Å². The minimum atomic E-state index is 0.313. The summed E-state index contributed by atoms with van der Waals surface area (Å²) in [7, 11) is 2.07. The minimum absolute atomic E-state index is 0.313. The van der Waals surface area contributed by atoms with Crippen LogP contribution in [-0.2, 0) is 4.79 Å². The van der Waals surface area contributed by atoms with Gasteiger partial charge in [-0.1, -0.05) is 6.42 Å². The van der Waals surface area contributed by atoms with Gasteiger partial charge < -0.3 is 10.2 Å². The van der Waals surface area contributed by atoms with Crippen molar-refractivity contribution in [3.8, 4) is 0 Å². The summed E-state index contributed by atoms with van der Waals surface area (Å²) >= 11 is 0. The Balaban J connectivity index is 1.68.